The van der Waals surface area contributed by atoms with Gasteiger partial charge < -0.3 is 14.2 Å². The molecule has 0 aromatic heterocycles. The molecule has 0 aliphatic carbocycles. The van der Waals surface area contributed by atoms with Gasteiger partial charge in [0.05, 0.1) is 12.2 Å². The van der Waals surface area contributed by atoms with Crippen LogP contribution < -0.4 is 0 Å². The number of rotatable bonds is 3. The lowest BCUT2D eigenvalue weighted by Crippen LogP contribution is -2.39. The average molecular weight is 186 g/mol. The van der Waals surface area contributed by atoms with Gasteiger partial charge >= 0.3 is 0 Å². The van der Waals surface area contributed by atoms with E-state index in [0.717, 1.165) is 19.3 Å². The van der Waals surface area contributed by atoms with Gasteiger partial charge in [0.25, 0.3) is 5.97 Å². The topological polar surface area (TPSA) is 27.7 Å². The molecule has 0 N–H and O–H groups in total. The van der Waals surface area contributed by atoms with E-state index in [0.29, 0.717) is 0 Å². The molecule has 2 bridgehead atoms. The molecule has 0 aromatic rings. The summed E-state index contributed by atoms with van der Waals surface area (Å²) in [7, 11) is 0. The van der Waals surface area contributed by atoms with Gasteiger partial charge in [0.2, 0.25) is 0 Å². The second kappa shape index (κ2) is 3.23. The Morgan fingerprint density at radius 3 is 2.15 bits per heavy atom. The first-order chi connectivity index (χ1) is 6.17. The third-order valence-corrected chi connectivity index (χ3v) is 2.81. The predicted octanol–water partition coefficient (Wildman–Crippen LogP) is 2.05. The first kappa shape index (κ1) is 9.44. The zero-order chi connectivity index (χ0) is 9.47. The standard InChI is InChI=1S/C10H18O3/c1-4-5-6-10-11-7(2)9(13-10)8(3)12-10/h7-9H,4-6H2,1-3H3. The van der Waals surface area contributed by atoms with E-state index in [9.17, 15) is 0 Å². The van der Waals surface area contributed by atoms with Crippen LogP contribution in [0.5, 0.6) is 0 Å². The summed E-state index contributed by atoms with van der Waals surface area (Å²) in [6.07, 6.45) is 3.59. The lowest BCUT2D eigenvalue weighted by atomic mass is 10.1. The third-order valence-electron chi connectivity index (χ3n) is 2.81. The summed E-state index contributed by atoms with van der Waals surface area (Å²) in [4.78, 5) is 0. The second-order valence-corrected chi connectivity index (χ2v) is 4.01. The van der Waals surface area contributed by atoms with Crippen LogP contribution >= 0.6 is 0 Å². The van der Waals surface area contributed by atoms with Crippen LogP contribution in [0.2, 0.25) is 0 Å². The Morgan fingerprint density at radius 1 is 1.08 bits per heavy atom. The molecule has 3 nitrogen and oxygen atoms in total. The highest BCUT2D eigenvalue weighted by Crippen LogP contribution is 2.43. The average Bonchev–Trinajstić information content (AvgIpc) is 2.55. The minimum absolute atomic E-state index is 0.136. The molecule has 2 unspecified atom stereocenters. The lowest BCUT2D eigenvalue weighted by molar-refractivity contribution is -0.321. The highest BCUT2D eigenvalue weighted by Gasteiger charge is 2.56. The van der Waals surface area contributed by atoms with Crippen LogP contribution in [0, 0.1) is 0 Å². The minimum atomic E-state index is -0.695. The molecular formula is C10H18O3. The fourth-order valence-corrected chi connectivity index (χ4v) is 2.13. The van der Waals surface area contributed by atoms with E-state index in [1.807, 2.05) is 0 Å². The molecule has 13 heavy (non-hydrogen) atoms. The third kappa shape index (κ3) is 1.49. The van der Waals surface area contributed by atoms with Crippen LogP contribution in [-0.4, -0.2) is 24.3 Å². The Kier molecular flexibility index (Phi) is 2.34. The van der Waals surface area contributed by atoms with Crippen molar-refractivity contribution in [3.8, 4) is 0 Å². The zero-order valence-electron chi connectivity index (χ0n) is 8.58. The van der Waals surface area contributed by atoms with E-state index in [1.165, 1.54) is 0 Å². The van der Waals surface area contributed by atoms with Crippen molar-refractivity contribution in [2.24, 2.45) is 0 Å². The van der Waals surface area contributed by atoms with Crippen LogP contribution in [0.1, 0.15) is 40.0 Å². The molecule has 0 spiro atoms. The Balaban J connectivity index is 2.00. The minimum Gasteiger partial charge on any atom is -0.322 e. The van der Waals surface area contributed by atoms with Crippen LogP contribution in [0.4, 0.5) is 0 Å². The molecule has 3 heteroatoms. The number of fused-ring (bicyclic) bond motifs is 2. The van der Waals surface area contributed by atoms with Crippen molar-refractivity contribution in [3.63, 3.8) is 0 Å². The van der Waals surface area contributed by atoms with Crippen LogP contribution in [-0.2, 0) is 14.2 Å². The summed E-state index contributed by atoms with van der Waals surface area (Å²) in [6, 6.07) is 0. The summed E-state index contributed by atoms with van der Waals surface area (Å²) in [5.74, 6) is -0.695. The summed E-state index contributed by atoms with van der Waals surface area (Å²) >= 11 is 0. The molecule has 2 heterocycles. The van der Waals surface area contributed by atoms with Gasteiger partial charge in [-0.25, -0.2) is 0 Å². The van der Waals surface area contributed by atoms with Gasteiger partial charge in [0, 0.05) is 6.42 Å². The Morgan fingerprint density at radius 2 is 1.69 bits per heavy atom. The fourth-order valence-electron chi connectivity index (χ4n) is 2.13. The number of ether oxygens (including phenoxy) is 3. The molecule has 76 valence electrons. The van der Waals surface area contributed by atoms with Gasteiger partial charge in [-0.15, -0.1) is 0 Å². The number of hydrogen-bond donors (Lipinski definition) is 0. The van der Waals surface area contributed by atoms with Gasteiger partial charge in [-0.3, -0.25) is 0 Å². The molecule has 2 aliphatic heterocycles. The van der Waals surface area contributed by atoms with Gasteiger partial charge in [-0.2, -0.15) is 0 Å². The van der Waals surface area contributed by atoms with E-state index < -0.39 is 5.97 Å². The van der Waals surface area contributed by atoms with Crippen LogP contribution in [0.15, 0.2) is 0 Å². The maximum absolute atomic E-state index is 5.74. The van der Waals surface area contributed by atoms with Crippen LogP contribution in [0.25, 0.3) is 0 Å². The Hall–Kier alpha value is -0.120. The van der Waals surface area contributed by atoms with Gasteiger partial charge in [0.1, 0.15) is 6.10 Å². The van der Waals surface area contributed by atoms with Gasteiger partial charge in [-0.1, -0.05) is 13.3 Å². The first-order valence-corrected chi connectivity index (χ1v) is 5.20. The molecule has 2 atom stereocenters. The SMILES string of the molecule is CCCCC12OC(C)C(O1)C(C)O2. The first-order valence-electron chi connectivity index (χ1n) is 5.20. The fraction of sp³-hybridized carbons (Fsp3) is 1.00. The normalized spacial score (nSPS) is 48.7. The molecule has 0 saturated carbocycles. The van der Waals surface area contributed by atoms with E-state index in [4.69, 9.17) is 14.2 Å². The van der Waals surface area contributed by atoms with E-state index in [1.54, 1.807) is 0 Å². The smallest absolute Gasteiger partial charge is 0.284 e. The van der Waals surface area contributed by atoms with Crippen molar-refractivity contribution in [1.82, 2.24) is 0 Å². The monoisotopic (exact) mass is 186 g/mol. The molecule has 0 radical (unpaired) electrons. The molecule has 2 rings (SSSR count). The van der Waals surface area contributed by atoms with Crippen LogP contribution in [0.3, 0.4) is 0 Å². The van der Waals surface area contributed by atoms with Crippen molar-refractivity contribution in [3.05, 3.63) is 0 Å². The zero-order valence-corrected chi connectivity index (χ0v) is 8.58. The van der Waals surface area contributed by atoms with Gasteiger partial charge in [-0.05, 0) is 20.3 Å². The van der Waals surface area contributed by atoms with Crippen molar-refractivity contribution < 1.29 is 14.2 Å². The highest BCUT2D eigenvalue weighted by molar-refractivity contribution is 4.89. The van der Waals surface area contributed by atoms with Crippen molar-refractivity contribution in [2.45, 2.75) is 64.3 Å². The molecule has 0 amide bonds. The summed E-state index contributed by atoms with van der Waals surface area (Å²) in [5, 5.41) is 0. The second-order valence-electron chi connectivity index (χ2n) is 4.01. The van der Waals surface area contributed by atoms with Crippen molar-refractivity contribution >= 4 is 0 Å². The Labute approximate surface area is 79.4 Å². The largest absolute Gasteiger partial charge is 0.322 e. The van der Waals surface area contributed by atoms with E-state index in [-0.39, 0.29) is 18.3 Å². The highest BCUT2D eigenvalue weighted by atomic mass is 16.9. The quantitative estimate of drug-likeness (QED) is 0.675. The lowest BCUT2D eigenvalue weighted by Gasteiger charge is -2.28. The molecule has 2 fully saturated rings. The Bertz CT molecular complexity index is 181. The summed E-state index contributed by atoms with van der Waals surface area (Å²) in [6.45, 7) is 6.26. The van der Waals surface area contributed by atoms with E-state index in [2.05, 4.69) is 20.8 Å². The van der Waals surface area contributed by atoms with Gasteiger partial charge in [0.15, 0.2) is 0 Å². The maximum atomic E-state index is 5.74. The maximum Gasteiger partial charge on any atom is 0.284 e. The van der Waals surface area contributed by atoms with Crippen molar-refractivity contribution in [1.29, 1.82) is 0 Å². The summed E-state index contributed by atoms with van der Waals surface area (Å²) in [5.41, 5.74) is 0. The number of unbranched alkanes of at least 4 members (excludes halogenated alkanes) is 1. The van der Waals surface area contributed by atoms with E-state index >= 15 is 0 Å². The molecule has 0 aromatic carbocycles. The predicted molar refractivity (Wildman–Crippen MR) is 48.2 cm³/mol. The summed E-state index contributed by atoms with van der Waals surface area (Å²) < 4.78 is 17.1. The number of hydrogen-bond acceptors (Lipinski definition) is 3. The molecular weight excluding hydrogens is 168 g/mol. The molecule has 2 saturated heterocycles. The van der Waals surface area contributed by atoms with Crippen molar-refractivity contribution in [2.75, 3.05) is 0 Å². The molecule has 2 aliphatic rings.